The van der Waals surface area contributed by atoms with Crippen molar-refractivity contribution in [2.24, 2.45) is 0 Å². The van der Waals surface area contributed by atoms with Gasteiger partial charge in [-0.3, -0.25) is 0 Å². The molecule has 19 heavy (non-hydrogen) atoms. The second-order valence-corrected chi connectivity index (χ2v) is 4.71. The van der Waals surface area contributed by atoms with Crippen LogP contribution < -0.4 is 5.73 Å². The minimum absolute atomic E-state index is 0.135. The molecule has 0 bridgehead atoms. The molecule has 0 aliphatic carbocycles. The third-order valence-corrected chi connectivity index (χ3v) is 3.31. The van der Waals surface area contributed by atoms with Crippen LogP contribution in [0, 0.1) is 11.6 Å². The molecule has 4 nitrogen and oxygen atoms in total. The van der Waals surface area contributed by atoms with E-state index in [9.17, 15) is 8.78 Å². The molecule has 3 aromatic rings. The number of hydrogen-bond acceptors (Lipinski definition) is 4. The number of aromatic nitrogens is 3. The monoisotopic (exact) mass is 278 g/mol. The van der Waals surface area contributed by atoms with Crippen molar-refractivity contribution in [1.29, 1.82) is 0 Å². The normalized spacial score (nSPS) is 10.8. The Kier molecular flexibility index (Phi) is 2.75. The van der Waals surface area contributed by atoms with Gasteiger partial charge >= 0.3 is 0 Å². The molecular weight excluding hydrogens is 270 g/mol. The molecule has 2 heterocycles. The van der Waals surface area contributed by atoms with Crippen LogP contribution in [0.5, 0.6) is 0 Å². The Bertz CT molecular complexity index is 721. The van der Waals surface area contributed by atoms with Gasteiger partial charge in [-0.25, -0.2) is 18.4 Å². The van der Waals surface area contributed by atoms with Gasteiger partial charge in [-0.2, -0.15) is 5.10 Å². The molecule has 0 fully saturated rings. The van der Waals surface area contributed by atoms with Crippen molar-refractivity contribution < 1.29 is 8.78 Å². The second kappa shape index (κ2) is 4.43. The van der Waals surface area contributed by atoms with Crippen LogP contribution >= 0.6 is 11.3 Å². The summed E-state index contributed by atoms with van der Waals surface area (Å²) >= 11 is 1.38. The van der Waals surface area contributed by atoms with Gasteiger partial charge in [0.05, 0.1) is 11.9 Å². The molecule has 0 saturated carbocycles. The summed E-state index contributed by atoms with van der Waals surface area (Å²) in [5, 5.41) is 6.64. The van der Waals surface area contributed by atoms with Crippen LogP contribution in [0.15, 0.2) is 36.0 Å². The summed E-state index contributed by atoms with van der Waals surface area (Å²) in [5.41, 5.74) is 6.84. The van der Waals surface area contributed by atoms with Crippen LogP contribution in [0.25, 0.3) is 16.4 Å². The zero-order valence-corrected chi connectivity index (χ0v) is 10.4. The van der Waals surface area contributed by atoms with Gasteiger partial charge in [0.25, 0.3) is 0 Å². The van der Waals surface area contributed by atoms with E-state index in [4.69, 9.17) is 5.73 Å². The molecule has 0 aliphatic heterocycles. The standard InChI is InChI=1S/C12H8F2N4S/c13-7-1-2-10(8(14)5-7)18-6-9(15)11(17-18)12-16-3-4-19-12/h1-6H,15H2. The van der Waals surface area contributed by atoms with E-state index in [-0.39, 0.29) is 5.69 Å². The van der Waals surface area contributed by atoms with E-state index in [0.717, 1.165) is 6.07 Å². The van der Waals surface area contributed by atoms with E-state index < -0.39 is 11.6 Å². The third-order valence-electron chi connectivity index (χ3n) is 2.53. The van der Waals surface area contributed by atoms with Gasteiger partial charge in [0.1, 0.15) is 22.2 Å². The molecule has 1 aromatic carbocycles. The SMILES string of the molecule is Nc1cn(-c2ccc(F)cc2F)nc1-c1nccs1. The highest BCUT2D eigenvalue weighted by molar-refractivity contribution is 7.13. The Morgan fingerprint density at radius 3 is 2.79 bits per heavy atom. The molecule has 0 radical (unpaired) electrons. The number of halogens is 2. The molecule has 2 N–H and O–H groups in total. The van der Waals surface area contributed by atoms with Crippen molar-refractivity contribution in [1.82, 2.24) is 14.8 Å². The average Bonchev–Trinajstić information content (AvgIpc) is 2.98. The lowest BCUT2D eigenvalue weighted by Gasteiger charge is -2.02. The predicted molar refractivity (Wildman–Crippen MR) is 69.0 cm³/mol. The molecule has 0 saturated heterocycles. The first-order valence-corrected chi connectivity index (χ1v) is 6.23. The van der Waals surface area contributed by atoms with Crippen LogP contribution in [0.3, 0.4) is 0 Å². The van der Waals surface area contributed by atoms with E-state index in [1.165, 1.54) is 34.3 Å². The van der Waals surface area contributed by atoms with Crippen molar-refractivity contribution in [3.8, 4) is 16.4 Å². The highest BCUT2D eigenvalue weighted by atomic mass is 32.1. The Morgan fingerprint density at radius 1 is 1.26 bits per heavy atom. The zero-order chi connectivity index (χ0) is 13.4. The Balaban J connectivity index is 2.10. The third kappa shape index (κ3) is 2.08. The minimum Gasteiger partial charge on any atom is -0.396 e. The maximum atomic E-state index is 13.7. The number of thiazole rings is 1. The first kappa shape index (κ1) is 11.8. The van der Waals surface area contributed by atoms with Gasteiger partial charge in [0.2, 0.25) is 0 Å². The minimum atomic E-state index is -0.701. The largest absolute Gasteiger partial charge is 0.396 e. The van der Waals surface area contributed by atoms with Crippen molar-refractivity contribution >= 4 is 17.0 Å². The highest BCUT2D eigenvalue weighted by Gasteiger charge is 2.14. The molecule has 96 valence electrons. The number of benzene rings is 1. The average molecular weight is 278 g/mol. The predicted octanol–water partition coefficient (Wildman–Crippen LogP) is 2.86. The Hall–Kier alpha value is -2.28. The fourth-order valence-corrected chi connectivity index (χ4v) is 2.33. The summed E-state index contributed by atoms with van der Waals surface area (Å²) in [6.45, 7) is 0. The summed E-state index contributed by atoms with van der Waals surface area (Å²) in [7, 11) is 0. The molecule has 0 aliphatic rings. The van der Waals surface area contributed by atoms with Gasteiger partial charge in [0, 0.05) is 17.6 Å². The summed E-state index contributed by atoms with van der Waals surface area (Å²) in [6, 6.07) is 3.28. The van der Waals surface area contributed by atoms with Crippen LogP contribution in [-0.4, -0.2) is 14.8 Å². The summed E-state index contributed by atoms with van der Waals surface area (Å²) in [4.78, 5) is 4.10. The topological polar surface area (TPSA) is 56.7 Å². The Labute approximate surface area is 111 Å². The fourth-order valence-electron chi connectivity index (χ4n) is 1.68. The Morgan fingerprint density at radius 2 is 2.11 bits per heavy atom. The number of nitrogens with zero attached hydrogens (tertiary/aromatic N) is 3. The molecule has 0 atom stereocenters. The molecule has 0 amide bonds. The van der Waals surface area contributed by atoms with E-state index in [2.05, 4.69) is 10.1 Å². The number of anilines is 1. The summed E-state index contributed by atoms with van der Waals surface area (Å²) in [5.74, 6) is -1.34. The molecule has 3 rings (SSSR count). The zero-order valence-electron chi connectivity index (χ0n) is 9.55. The van der Waals surface area contributed by atoms with Crippen LogP contribution in [-0.2, 0) is 0 Å². The molecule has 0 spiro atoms. The number of nitrogens with two attached hydrogens (primary N) is 1. The van der Waals surface area contributed by atoms with Crippen molar-refractivity contribution in [2.45, 2.75) is 0 Å². The van der Waals surface area contributed by atoms with E-state index in [1.54, 1.807) is 11.6 Å². The molecule has 7 heteroatoms. The van der Waals surface area contributed by atoms with Gasteiger partial charge < -0.3 is 5.73 Å². The maximum absolute atomic E-state index is 13.7. The first-order valence-electron chi connectivity index (χ1n) is 5.35. The lowest BCUT2D eigenvalue weighted by atomic mass is 10.3. The molecular formula is C12H8F2N4S. The van der Waals surface area contributed by atoms with Crippen LogP contribution in [0.4, 0.5) is 14.5 Å². The van der Waals surface area contributed by atoms with Gasteiger partial charge in [-0.05, 0) is 12.1 Å². The van der Waals surface area contributed by atoms with Crippen LogP contribution in [0.2, 0.25) is 0 Å². The van der Waals surface area contributed by atoms with Crippen molar-refractivity contribution in [2.75, 3.05) is 5.73 Å². The molecule has 2 aromatic heterocycles. The van der Waals surface area contributed by atoms with Gasteiger partial charge in [0.15, 0.2) is 5.82 Å². The molecule has 0 unspecified atom stereocenters. The smallest absolute Gasteiger partial charge is 0.151 e. The highest BCUT2D eigenvalue weighted by Crippen LogP contribution is 2.27. The number of hydrogen-bond donors (Lipinski definition) is 1. The van der Waals surface area contributed by atoms with Gasteiger partial charge in [-0.15, -0.1) is 11.3 Å². The number of rotatable bonds is 2. The lowest BCUT2D eigenvalue weighted by Crippen LogP contribution is -1.99. The quantitative estimate of drug-likeness (QED) is 0.784. The van der Waals surface area contributed by atoms with Crippen molar-refractivity contribution in [3.63, 3.8) is 0 Å². The first-order chi connectivity index (χ1) is 9.15. The number of nitrogen functional groups attached to an aromatic ring is 1. The van der Waals surface area contributed by atoms with E-state index in [1.807, 2.05) is 0 Å². The summed E-state index contributed by atoms with van der Waals surface area (Å²) in [6.07, 6.45) is 3.12. The van der Waals surface area contributed by atoms with Crippen LogP contribution in [0.1, 0.15) is 0 Å². The van der Waals surface area contributed by atoms with E-state index >= 15 is 0 Å². The van der Waals surface area contributed by atoms with Gasteiger partial charge in [-0.1, -0.05) is 0 Å². The van der Waals surface area contributed by atoms with Crippen molar-refractivity contribution in [3.05, 3.63) is 47.6 Å². The van der Waals surface area contributed by atoms with E-state index in [0.29, 0.717) is 16.4 Å². The fraction of sp³-hybridized carbons (Fsp3) is 0. The lowest BCUT2D eigenvalue weighted by molar-refractivity contribution is 0.574. The second-order valence-electron chi connectivity index (χ2n) is 3.81. The maximum Gasteiger partial charge on any atom is 0.151 e. The summed E-state index contributed by atoms with van der Waals surface area (Å²) < 4.78 is 27.8.